The molecule has 0 saturated heterocycles. The van der Waals surface area contributed by atoms with Crippen LogP contribution in [0.5, 0.6) is 0 Å². The zero-order valence-electron chi connectivity index (χ0n) is 7.75. The monoisotopic (exact) mass is 198 g/mol. The summed E-state index contributed by atoms with van der Waals surface area (Å²) in [5, 5.41) is 10.6. The fourth-order valence-electron chi connectivity index (χ4n) is 1.23. The normalized spacial score (nSPS) is 10.2. The fraction of sp³-hybridized carbons (Fsp3) is 0.500. The fourth-order valence-corrected chi connectivity index (χ4v) is 1.98. The van der Waals surface area contributed by atoms with Crippen molar-refractivity contribution in [3.8, 4) is 0 Å². The molecule has 0 saturated carbocycles. The van der Waals surface area contributed by atoms with Gasteiger partial charge >= 0.3 is 5.97 Å². The second-order valence-electron chi connectivity index (χ2n) is 3.17. The Kier molecular flexibility index (Phi) is 3.96. The van der Waals surface area contributed by atoms with Gasteiger partial charge in [0.1, 0.15) is 0 Å². The van der Waals surface area contributed by atoms with E-state index in [0.29, 0.717) is 6.42 Å². The zero-order valence-corrected chi connectivity index (χ0v) is 8.56. The van der Waals surface area contributed by atoms with E-state index in [1.54, 1.807) is 11.3 Å². The first-order chi connectivity index (χ1) is 6.18. The minimum atomic E-state index is -0.693. The molecule has 0 radical (unpaired) electrons. The number of carbonyl (C=O) groups is 1. The minimum absolute atomic E-state index is 0.295. The van der Waals surface area contributed by atoms with E-state index in [2.05, 4.69) is 18.4 Å². The average molecular weight is 198 g/mol. The van der Waals surface area contributed by atoms with Crippen molar-refractivity contribution in [3.63, 3.8) is 0 Å². The second kappa shape index (κ2) is 5.02. The average Bonchev–Trinajstić information content (AvgIpc) is 2.45. The highest BCUT2D eigenvalue weighted by Gasteiger charge is 1.98. The molecule has 0 aliphatic carbocycles. The lowest BCUT2D eigenvalue weighted by atomic mass is 10.1. The third kappa shape index (κ3) is 4.08. The van der Waals surface area contributed by atoms with Crippen LogP contribution >= 0.6 is 11.3 Å². The molecule has 1 N–H and O–H groups in total. The van der Waals surface area contributed by atoms with Crippen LogP contribution in [0.25, 0.3) is 0 Å². The van der Waals surface area contributed by atoms with Crippen molar-refractivity contribution in [2.75, 3.05) is 0 Å². The van der Waals surface area contributed by atoms with Crippen molar-refractivity contribution in [2.45, 2.75) is 32.6 Å². The van der Waals surface area contributed by atoms with Crippen LogP contribution in [0.15, 0.2) is 11.4 Å². The van der Waals surface area contributed by atoms with Gasteiger partial charge in [-0.1, -0.05) is 0 Å². The Bertz CT molecular complexity index is 278. The first-order valence-electron chi connectivity index (χ1n) is 4.44. The molecule has 3 heteroatoms. The Labute approximate surface area is 82.2 Å². The molecule has 13 heavy (non-hydrogen) atoms. The number of rotatable bonds is 5. The van der Waals surface area contributed by atoms with Crippen molar-refractivity contribution in [2.24, 2.45) is 0 Å². The van der Waals surface area contributed by atoms with Gasteiger partial charge in [-0.05, 0) is 43.2 Å². The molecule has 1 aromatic heterocycles. The van der Waals surface area contributed by atoms with Gasteiger partial charge in [0.15, 0.2) is 0 Å². The number of aryl methyl sites for hydroxylation is 2. The molecule has 0 atom stereocenters. The van der Waals surface area contributed by atoms with Crippen LogP contribution in [0.2, 0.25) is 0 Å². The largest absolute Gasteiger partial charge is 0.481 e. The maximum atomic E-state index is 10.2. The zero-order chi connectivity index (χ0) is 9.68. The van der Waals surface area contributed by atoms with Gasteiger partial charge in [-0.25, -0.2) is 0 Å². The number of hydrogen-bond donors (Lipinski definition) is 1. The van der Waals surface area contributed by atoms with Crippen LogP contribution in [0, 0.1) is 6.92 Å². The lowest BCUT2D eigenvalue weighted by molar-refractivity contribution is -0.137. The molecule has 0 unspecified atom stereocenters. The Hall–Kier alpha value is -0.830. The van der Waals surface area contributed by atoms with Crippen LogP contribution in [0.1, 0.15) is 29.7 Å². The summed E-state index contributed by atoms with van der Waals surface area (Å²) in [4.78, 5) is 11.5. The molecule has 1 heterocycles. The van der Waals surface area contributed by atoms with Crippen molar-refractivity contribution in [1.29, 1.82) is 0 Å². The summed E-state index contributed by atoms with van der Waals surface area (Å²) in [5.41, 5.74) is 1.34. The summed E-state index contributed by atoms with van der Waals surface area (Å²) in [5.74, 6) is -0.693. The second-order valence-corrected chi connectivity index (χ2v) is 4.28. The number of thiophene rings is 1. The van der Waals surface area contributed by atoms with Crippen LogP contribution < -0.4 is 0 Å². The van der Waals surface area contributed by atoms with E-state index in [1.165, 1.54) is 10.4 Å². The molecular formula is C10H14O2S. The van der Waals surface area contributed by atoms with E-state index in [0.717, 1.165) is 19.3 Å². The van der Waals surface area contributed by atoms with E-state index < -0.39 is 5.97 Å². The van der Waals surface area contributed by atoms with Crippen LogP contribution in [-0.4, -0.2) is 11.1 Å². The van der Waals surface area contributed by atoms with Crippen LogP contribution in [0.3, 0.4) is 0 Å². The Balaban J connectivity index is 2.16. The summed E-state index contributed by atoms with van der Waals surface area (Å²) in [6, 6.07) is 2.17. The first-order valence-corrected chi connectivity index (χ1v) is 5.32. The van der Waals surface area contributed by atoms with E-state index in [9.17, 15) is 4.79 Å². The predicted octanol–water partition coefficient (Wildman–Crippen LogP) is 2.85. The topological polar surface area (TPSA) is 37.3 Å². The Morgan fingerprint density at radius 3 is 2.85 bits per heavy atom. The van der Waals surface area contributed by atoms with Gasteiger partial charge in [-0.15, -0.1) is 11.3 Å². The SMILES string of the molecule is Cc1cc(CCCCC(=O)O)cs1. The van der Waals surface area contributed by atoms with Gasteiger partial charge in [0.25, 0.3) is 0 Å². The predicted molar refractivity (Wildman–Crippen MR) is 54.2 cm³/mol. The minimum Gasteiger partial charge on any atom is -0.481 e. The van der Waals surface area contributed by atoms with Gasteiger partial charge in [0.2, 0.25) is 0 Å². The molecule has 1 rings (SSSR count). The van der Waals surface area contributed by atoms with Crippen molar-refractivity contribution >= 4 is 17.3 Å². The summed E-state index contributed by atoms with van der Waals surface area (Å²) >= 11 is 1.75. The smallest absolute Gasteiger partial charge is 0.303 e. The molecule has 72 valence electrons. The van der Waals surface area contributed by atoms with Gasteiger partial charge in [-0.2, -0.15) is 0 Å². The first kappa shape index (κ1) is 10.3. The Morgan fingerprint density at radius 1 is 1.54 bits per heavy atom. The number of hydrogen-bond acceptors (Lipinski definition) is 2. The van der Waals surface area contributed by atoms with Crippen molar-refractivity contribution in [1.82, 2.24) is 0 Å². The van der Waals surface area contributed by atoms with Crippen molar-refractivity contribution < 1.29 is 9.90 Å². The number of carboxylic acid groups (broad SMARTS) is 1. The number of unbranched alkanes of at least 4 members (excludes halogenated alkanes) is 1. The Morgan fingerprint density at radius 2 is 2.31 bits per heavy atom. The number of aliphatic carboxylic acids is 1. The summed E-state index contributed by atoms with van der Waals surface area (Å²) in [6.07, 6.45) is 3.06. The molecule has 0 bridgehead atoms. The maximum Gasteiger partial charge on any atom is 0.303 e. The highest BCUT2D eigenvalue weighted by atomic mass is 32.1. The molecule has 0 aliphatic rings. The standard InChI is InChI=1S/C10H14O2S/c1-8-6-9(7-13-8)4-2-3-5-10(11)12/h6-7H,2-5H2,1H3,(H,11,12). The van der Waals surface area contributed by atoms with Crippen LogP contribution in [0.4, 0.5) is 0 Å². The molecule has 0 amide bonds. The van der Waals surface area contributed by atoms with E-state index >= 15 is 0 Å². The quantitative estimate of drug-likeness (QED) is 0.739. The third-order valence-corrected chi connectivity index (χ3v) is 2.80. The van der Waals surface area contributed by atoms with Crippen molar-refractivity contribution in [3.05, 3.63) is 21.9 Å². The van der Waals surface area contributed by atoms with Crippen LogP contribution in [-0.2, 0) is 11.2 Å². The van der Waals surface area contributed by atoms with E-state index in [-0.39, 0.29) is 0 Å². The molecule has 0 spiro atoms. The van der Waals surface area contributed by atoms with Gasteiger partial charge in [-0.3, -0.25) is 4.79 Å². The summed E-state index contributed by atoms with van der Waals surface area (Å²) < 4.78 is 0. The summed E-state index contributed by atoms with van der Waals surface area (Å²) in [7, 11) is 0. The van der Waals surface area contributed by atoms with Gasteiger partial charge < -0.3 is 5.11 Å². The summed E-state index contributed by atoms with van der Waals surface area (Å²) in [6.45, 7) is 2.09. The molecule has 0 aliphatic heterocycles. The molecule has 0 aromatic carbocycles. The number of carboxylic acids is 1. The lowest BCUT2D eigenvalue weighted by Gasteiger charge is -1.95. The molecule has 1 aromatic rings. The maximum absolute atomic E-state index is 10.2. The molecule has 0 fully saturated rings. The molecular weight excluding hydrogens is 184 g/mol. The molecule has 2 nitrogen and oxygen atoms in total. The highest BCUT2D eigenvalue weighted by molar-refractivity contribution is 7.10. The van der Waals surface area contributed by atoms with Gasteiger partial charge in [0.05, 0.1) is 0 Å². The lowest BCUT2D eigenvalue weighted by Crippen LogP contribution is -1.94. The van der Waals surface area contributed by atoms with Gasteiger partial charge in [0, 0.05) is 11.3 Å². The van der Waals surface area contributed by atoms with E-state index in [1.807, 2.05) is 0 Å². The highest BCUT2D eigenvalue weighted by Crippen LogP contribution is 2.15. The third-order valence-electron chi connectivity index (χ3n) is 1.89. The van der Waals surface area contributed by atoms with E-state index in [4.69, 9.17) is 5.11 Å².